The third-order valence-electron chi connectivity index (χ3n) is 4.76. The quantitative estimate of drug-likeness (QED) is 0.440. The first-order valence-electron chi connectivity index (χ1n) is 8.65. The van der Waals surface area contributed by atoms with Gasteiger partial charge in [-0.1, -0.05) is 23.2 Å². The first-order chi connectivity index (χ1) is 13.2. The van der Waals surface area contributed by atoms with E-state index in [4.69, 9.17) is 37.1 Å². The van der Waals surface area contributed by atoms with E-state index in [-0.39, 0.29) is 10.6 Å². The van der Waals surface area contributed by atoms with Gasteiger partial charge in [0, 0.05) is 29.0 Å². The second-order valence-electron chi connectivity index (χ2n) is 7.18. The zero-order valence-corrected chi connectivity index (χ0v) is 16.6. The summed E-state index contributed by atoms with van der Waals surface area (Å²) in [6.45, 7) is 3.57. The molecular weight excluding hydrogens is 403 g/mol. The molecule has 0 N–H and O–H groups in total. The van der Waals surface area contributed by atoms with Gasteiger partial charge in [-0.05, 0) is 49.7 Å². The van der Waals surface area contributed by atoms with Crippen LogP contribution in [0.15, 0.2) is 51.7 Å². The number of halogens is 2. The van der Waals surface area contributed by atoms with Gasteiger partial charge in [0.05, 0.1) is 10.6 Å². The Morgan fingerprint density at radius 1 is 1.14 bits per heavy atom. The molecule has 4 rings (SSSR count). The summed E-state index contributed by atoms with van der Waals surface area (Å²) in [6, 6.07) is 11.3. The van der Waals surface area contributed by atoms with Crippen molar-refractivity contribution in [2.24, 2.45) is 0 Å². The van der Waals surface area contributed by atoms with Crippen LogP contribution in [0.3, 0.4) is 0 Å². The summed E-state index contributed by atoms with van der Waals surface area (Å²) in [5.41, 5.74) is 0.305. The van der Waals surface area contributed by atoms with Gasteiger partial charge in [0.1, 0.15) is 23.0 Å². The van der Waals surface area contributed by atoms with Crippen LogP contribution < -0.4 is 10.4 Å². The molecule has 0 bridgehead atoms. The van der Waals surface area contributed by atoms with Gasteiger partial charge in [-0.2, -0.15) is 0 Å². The first kappa shape index (κ1) is 18.8. The van der Waals surface area contributed by atoms with Gasteiger partial charge in [0.25, 0.3) is 0 Å². The lowest BCUT2D eigenvalue weighted by atomic mass is 9.96. The highest BCUT2D eigenvalue weighted by Crippen LogP contribution is 2.37. The van der Waals surface area contributed by atoms with Crippen molar-refractivity contribution in [1.82, 2.24) is 0 Å². The zero-order chi connectivity index (χ0) is 20.1. The van der Waals surface area contributed by atoms with Crippen LogP contribution in [0.1, 0.15) is 29.8 Å². The highest BCUT2D eigenvalue weighted by atomic mass is 35.5. The van der Waals surface area contributed by atoms with Crippen molar-refractivity contribution in [3.63, 3.8) is 0 Å². The average Bonchev–Trinajstić information content (AvgIpc) is 3.03. The van der Waals surface area contributed by atoms with Crippen molar-refractivity contribution in [2.45, 2.75) is 32.0 Å². The molecular formula is C21H16Cl2O5. The molecule has 0 spiro atoms. The second kappa shape index (κ2) is 6.83. The number of fused-ring (bicyclic) bond motifs is 2. The van der Waals surface area contributed by atoms with Crippen molar-refractivity contribution < 1.29 is 18.7 Å². The highest BCUT2D eigenvalue weighted by Gasteiger charge is 2.40. The van der Waals surface area contributed by atoms with Crippen molar-refractivity contribution in [2.75, 3.05) is 0 Å². The number of carbonyl (C=O) groups is 1. The Labute approximate surface area is 170 Å². The molecule has 1 aromatic heterocycles. The minimum Gasteiger partial charge on any atom is -0.485 e. The van der Waals surface area contributed by atoms with Crippen LogP contribution in [-0.4, -0.2) is 17.7 Å². The van der Waals surface area contributed by atoms with E-state index in [1.807, 2.05) is 6.07 Å². The fraction of sp³-hybridized carbons (Fsp3) is 0.238. The lowest BCUT2D eigenvalue weighted by molar-refractivity contribution is -0.0517. The minimum atomic E-state index is -0.925. The molecule has 1 unspecified atom stereocenters. The molecule has 2 aromatic carbocycles. The Kier molecular flexibility index (Phi) is 4.60. The van der Waals surface area contributed by atoms with Gasteiger partial charge in [-0.15, -0.1) is 0 Å². The van der Waals surface area contributed by atoms with E-state index < -0.39 is 23.3 Å². The highest BCUT2D eigenvalue weighted by molar-refractivity contribution is 6.36. The monoisotopic (exact) mass is 418 g/mol. The molecule has 1 aliphatic heterocycles. The number of rotatable bonds is 3. The Morgan fingerprint density at radius 3 is 2.68 bits per heavy atom. The summed E-state index contributed by atoms with van der Waals surface area (Å²) in [5, 5.41) is 1.48. The lowest BCUT2D eigenvalue weighted by Crippen LogP contribution is -2.43. The number of benzene rings is 2. The molecule has 0 fully saturated rings. The fourth-order valence-electron chi connectivity index (χ4n) is 3.21. The van der Waals surface area contributed by atoms with Crippen LogP contribution in [0.2, 0.25) is 10.0 Å². The maximum atomic E-state index is 12.6. The predicted molar refractivity (Wildman–Crippen MR) is 107 cm³/mol. The Bertz CT molecular complexity index is 1150. The van der Waals surface area contributed by atoms with Crippen LogP contribution in [0.4, 0.5) is 0 Å². The van der Waals surface area contributed by atoms with Gasteiger partial charge in [-0.3, -0.25) is 0 Å². The fourth-order valence-corrected chi connectivity index (χ4v) is 3.70. The first-order valence-corrected chi connectivity index (χ1v) is 9.40. The molecule has 28 heavy (non-hydrogen) atoms. The topological polar surface area (TPSA) is 65.7 Å². The van der Waals surface area contributed by atoms with Crippen LogP contribution >= 0.6 is 23.2 Å². The van der Waals surface area contributed by atoms with Crippen LogP contribution in [0.25, 0.3) is 11.0 Å². The second-order valence-corrected chi connectivity index (χ2v) is 8.02. The maximum absolute atomic E-state index is 12.6. The normalized spacial score (nSPS) is 15.9. The summed E-state index contributed by atoms with van der Waals surface area (Å²) >= 11 is 12.0. The standard InChI is InChI=1S/C21H16Cl2O5/c1-21(2,28-20(25)14-5-4-13(22)9-15(14)23)18-8-12-7-11-3-6-19(24)27-16(11)10-17(12)26-18/h3-7,9-10,18H,8H2,1-2H3. The molecule has 0 aliphatic carbocycles. The van der Waals surface area contributed by atoms with Crippen LogP contribution in [0.5, 0.6) is 5.75 Å². The van der Waals surface area contributed by atoms with E-state index in [1.165, 1.54) is 18.2 Å². The van der Waals surface area contributed by atoms with E-state index in [9.17, 15) is 9.59 Å². The largest absolute Gasteiger partial charge is 0.485 e. The minimum absolute atomic E-state index is 0.227. The number of hydrogen-bond donors (Lipinski definition) is 0. The van der Waals surface area contributed by atoms with Crippen molar-refractivity contribution >= 4 is 40.1 Å². The number of ether oxygens (including phenoxy) is 2. The van der Waals surface area contributed by atoms with Crippen LogP contribution in [0, 0.1) is 0 Å². The van der Waals surface area contributed by atoms with E-state index in [1.54, 1.807) is 32.0 Å². The predicted octanol–water partition coefficient (Wildman–Crippen LogP) is 5.04. The molecule has 0 saturated carbocycles. The summed E-state index contributed by atoms with van der Waals surface area (Å²) in [5.74, 6) is 0.0582. The van der Waals surface area contributed by atoms with E-state index in [0.29, 0.717) is 22.8 Å². The molecule has 7 heteroatoms. The van der Waals surface area contributed by atoms with Gasteiger partial charge < -0.3 is 13.9 Å². The SMILES string of the molecule is CC(C)(OC(=O)c1ccc(Cl)cc1Cl)C1Cc2cc3ccc(=O)oc3cc2O1. The Morgan fingerprint density at radius 2 is 1.93 bits per heavy atom. The van der Waals surface area contributed by atoms with Crippen molar-refractivity contribution in [3.8, 4) is 5.75 Å². The van der Waals surface area contributed by atoms with Crippen molar-refractivity contribution in [3.05, 3.63) is 74.1 Å². The van der Waals surface area contributed by atoms with Crippen molar-refractivity contribution in [1.29, 1.82) is 0 Å². The van der Waals surface area contributed by atoms with Gasteiger partial charge in [0.15, 0.2) is 0 Å². The number of esters is 1. The van der Waals surface area contributed by atoms with E-state index in [2.05, 4.69) is 0 Å². The summed E-state index contributed by atoms with van der Waals surface area (Å²) in [4.78, 5) is 24.0. The van der Waals surface area contributed by atoms with Gasteiger partial charge >= 0.3 is 11.6 Å². The third kappa shape index (κ3) is 3.48. The van der Waals surface area contributed by atoms with Gasteiger partial charge in [0.2, 0.25) is 0 Å². The molecule has 0 amide bonds. The molecule has 3 aromatic rings. The number of hydrogen-bond acceptors (Lipinski definition) is 5. The summed E-state index contributed by atoms with van der Waals surface area (Å²) in [7, 11) is 0. The zero-order valence-electron chi connectivity index (χ0n) is 15.1. The summed E-state index contributed by atoms with van der Waals surface area (Å²) in [6.07, 6.45) is 0.153. The average molecular weight is 419 g/mol. The molecule has 0 radical (unpaired) electrons. The molecule has 2 heterocycles. The Balaban J connectivity index is 1.56. The Hall–Kier alpha value is -2.50. The van der Waals surface area contributed by atoms with E-state index >= 15 is 0 Å². The summed E-state index contributed by atoms with van der Waals surface area (Å²) < 4.78 is 16.9. The third-order valence-corrected chi connectivity index (χ3v) is 5.31. The van der Waals surface area contributed by atoms with E-state index in [0.717, 1.165) is 10.9 Å². The molecule has 1 aliphatic rings. The maximum Gasteiger partial charge on any atom is 0.340 e. The van der Waals surface area contributed by atoms with Crippen LogP contribution in [-0.2, 0) is 11.2 Å². The molecule has 5 nitrogen and oxygen atoms in total. The molecule has 1 atom stereocenters. The number of carbonyl (C=O) groups excluding carboxylic acids is 1. The lowest BCUT2D eigenvalue weighted by Gasteiger charge is -2.30. The smallest absolute Gasteiger partial charge is 0.340 e. The molecule has 0 saturated heterocycles. The van der Waals surface area contributed by atoms with Gasteiger partial charge in [-0.25, -0.2) is 9.59 Å². The molecule has 144 valence electrons.